The molecular weight excluding hydrogens is 283 g/mol. The van der Waals surface area contributed by atoms with Crippen molar-refractivity contribution in [3.63, 3.8) is 0 Å². The smallest absolute Gasteiger partial charge is 0.165 e. The number of aromatic nitrogens is 2. The van der Waals surface area contributed by atoms with E-state index in [9.17, 15) is 4.39 Å². The average Bonchev–Trinajstić information content (AvgIpc) is 2.70. The Morgan fingerprint density at radius 2 is 1.95 bits per heavy atom. The summed E-state index contributed by atoms with van der Waals surface area (Å²) < 4.78 is 14.0. The van der Waals surface area contributed by atoms with E-state index in [0.717, 1.165) is 20.7 Å². The first-order valence-corrected chi connectivity index (χ1v) is 6.94. The highest BCUT2D eigenvalue weighted by Gasteiger charge is 2.13. The van der Waals surface area contributed by atoms with Crippen LogP contribution in [0.2, 0.25) is 5.15 Å². The SMILES string of the molecule is Cc1ccc(-c2nc(Cl)c3cc(C)sc3n2)c(F)c1. The Labute approximate surface area is 118 Å². The number of aryl methyl sites for hydroxylation is 2. The monoisotopic (exact) mass is 292 g/mol. The van der Waals surface area contributed by atoms with Crippen molar-refractivity contribution < 1.29 is 4.39 Å². The van der Waals surface area contributed by atoms with Gasteiger partial charge in [-0.2, -0.15) is 0 Å². The third kappa shape index (κ3) is 2.22. The first-order valence-electron chi connectivity index (χ1n) is 5.75. The lowest BCUT2D eigenvalue weighted by Crippen LogP contribution is -1.93. The summed E-state index contributed by atoms with van der Waals surface area (Å²) in [6, 6.07) is 6.93. The maximum absolute atomic E-state index is 14.0. The second kappa shape index (κ2) is 4.54. The molecule has 0 unspecified atom stereocenters. The predicted octanol–water partition coefficient (Wildman–Crippen LogP) is 4.77. The molecule has 2 aromatic heterocycles. The maximum atomic E-state index is 14.0. The summed E-state index contributed by atoms with van der Waals surface area (Å²) in [5.41, 5.74) is 1.24. The lowest BCUT2D eigenvalue weighted by Gasteiger charge is -2.04. The number of fused-ring (bicyclic) bond motifs is 1. The Kier molecular flexibility index (Phi) is 2.99. The number of thiophene rings is 1. The van der Waals surface area contributed by atoms with Gasteiger partial charge in [0.15, 0.2) is 5.82 Å². The van der Waals surface area contributed by atoms with Crippen LogP contribution in [0.25, 0.3) is 21.6 Å². The normalized spacial score (nSPS) is 11.2. The second-order valence-electron chi connectivity index (χ2n) is 4.40. The molecule has 0 aliphatic carbocycles. The summed E-state index contributed by atoms with van der Waals surface area (Å²) >= 11 is 7.67. The summed E-state index contributed by atoms with van der Waals surface area (Å²) in [4.78, 5) is 10.5. The van der Waals surface area contributed by atoms with Gasteiger partial charge in [0.25, 0.3) is 0 Å². The highest BCUT2D eigenvalue weighted by molar-refractivity contribution is 7.18. The Morgan fingerprint density at radius 3 is 2.68 bits per heavy atom. The van der Waals surface area contributed by atoms with Crippen molar-refractivity contribution in [2.45, 2.75) is 13.8 Å². The summed E-state index contributed by atoms with van der Waals surface area (Å²) in [5, 5.41) is 1.18. The number of benzene rings is 1. The zero-order valence-electron chi connectivity index (χ0n) is 10.4. The minimum absolute atomic E-state index is 0.330. The van der Waals surface area contributed by atoms with Crippen molar-refractivity contribution in [2.75, 3.05) is 0 Å². The van der Waals surface area contributed by atoms with Crippen molar-refractivity contribution in [1.29, 1.82) is 0 Å². The van der Waals surface area contributed by atoms with E-state index in [1.165, 1.54) is 17.4 Å². The van der Waals surface area contributed by atoms with Crippen LogP contribution in [0.3, 0.4) is 0 Å². The molecule has 0 aliphatic heterocycles. The van der Waals surface area contributed by atoms with Gasteiger partial charge in [0, 0.05) is 10.3 Å². The van der Waals surface area contributed by atoms with Crippen LogP contribution < -0.4 is 0 Å². The van der Waals surface area contributed by atoms with Gasteiger partial charge in [-0.05, 0) is 37.6 Å². The second-order valence-corrected chi connectivity index (χ2v) is 5.99. The molecule has 0 saturated carbocycles. The van der Waals surface area contributed by atoms with Crippen molar-refractivity contribution in [3.05, 3.63) is 45.7 Å². The molecule has 0 spiro atoms. The third-order valence-electron chi connectivity index (χ3n) is 2.83. The Hall–Kier alpha value is -1.52. The van der Waals surface area contributed by atoms with Gasteiger partial charge in [0.1, 0.15) is 15.8 Å². The van der Waals surface area contributed by atoms with Crippen molar-refractivity contribution in [3.8, 4) is 11.4 Å². The molecular formula is C14H10ClFN2S. The molecule has 19 heavy (non-hydrogen) atoms. The van der Waals surface area contributed by atoms with Gasteiger partial charge in [-0.25, -0.2) is 14.4 Å². The standard InChI is InChI=1S/C14H10ClFN2S/c1-7-3-4-9(11(16)5-7)13-17-12(15)10-6-8(2)19-14(10)18-13/h3-6H,1-2H3. The zero-order chi connectivity index (χ0) is 13.6. The molecule has 0 bridgehead atoms. The minimum atomic E-state index is -0.330. The van der Waals surface area contributed by atoms with E-state index in [0.29, 0.717) is 16.5 Å². The average molecular weight is 293 g/mol. The van der Waals surface area contributed by atoms with Crippen molar-refractivity contribution >= 4 is 33.2 Å². The van der Waals surface area contributed by atoms with Gasteiger partial charge in [0.05, 0.1) is 5.56 Å². The number of halogens is 2. The van der Waals surface area contributed by atoms with Crippen LogP contribution in [0.15, 0.2) is 24.3 Å². The van der Waals surface area contributed by atoms with Gasteiger partial charge in [0.2, 0.25) is 0 Å². The summed E-state index contributed by atoms with van der Waals surface area (Å²) in [6.45, 7) is 3.82. The van der Waals surface area contributed by atoms with E-state index < -0.39 is 0 Å². The summed E-state index contributed by atoms with van der Waals surface area (Å²) in [6.07, 6.45) is 0. The lowest BCUT2D eigenvalue weighted by atomic mass is 10.1. The molecule has 0 radical (unpaired) electrons. The highest BCUT2D eigenvalue weighted by Crippen LogP contribution is 2.31. The van der Waals surface area contributed by atoms with Crippen LogP contribution in [-0.2, 0) is 0 Å². The molecule has 2 nitrogen and oxygen atoms in total. The highest BCUT2D eigenvalue weighted by atomic mass is 35.5. The lowest BCUT2D eigenvalue weighted by molar-refractivity contribution is 0.629. The van der Waals surface area contributed by atoms with Crippen LogP contribution in [0, 0.1) is 19.7 Å². The van der Waals surface area contributed by atoms with Gasteiger partial charge >= 0.3 is 0 Å². The van der Waals surface area contributed by atoms with E-state index in [1.807, 2.05) is 26.0 Å². The molecule has 5 heteroatoms. The van der Waals surface area contributed by atoms with Gasteiger partial charge in [-0.15, -0.1) is 11.3 Å². The molecule has 1 aromatic carbocycles. The Bertz CT molecular complexity index is 782. The van der Waals surface area contributed by atoms with Crippen molar-refractivity contribution in [1.82, 2.24) is 9.97 Å². The molecule has 0 saturated heterocycles. The molecule has 0 amide bonds. The first kappa shape index (κ1) is 12.5. The summed E-state index contributed by atoms with van der Waals surface area (Å²) in [5.74, 6) is 0.000504. The number of rotatable bonds is 1. The largest absolute Gasteiger partial charge is 0.217 e. The van der Waals surface area contributed by atoms with Gasteiger partial charge in [-0.3, -0.25) is 0 Å². The van der Waals surface area contributed by atoms with E-state index in [-0.39, 0.29) is 5.82 Å². The topological polar surface area (TPSA) is 25.8 Å². The molecule has 3 rings (SSSR count). The van der Waals surface area contributed by atoms with Crippen LogP contribution >= 0.6 is 22.9 Å². The summed E-state index contributed by atoms with van der Waals surface area (Å²) in [7, 11) is 0. The molecule has 0 N–H and O–H groups in total. The fourth-order valence-corrected chi connectivity index (χ4v) is 3.09. The first-order chi connectivity index (χ1) is 9.04. The third-order valence-corrected chi connectivity index (χ3v) is 4.07. The van der Waals surface area contributed by atoms with E-state index >= 15 is 0 Å². The molecule has 2 heterocycles. The molecule has 96 valence electrons. The molecule has 3 aromatic rings. The van der Waals surface area contributed by atoms with E-state index in [2.05, 4.69) is 9.97 Å². The quantitative estimate of drug-likeness (QED) is 0.604. The Morgan fingerprint density at radius 1 is 1.16 bits per heavy atom. The molecule has 0 fully saturated rings. The van der Waals surface area contributed by atoms with Crippen LogP contribution in [0.4, 0.5) is 4.39 Å². The fraction of sp³-hybridized carbons (Fsp3) is 0.143. The molecule has 0 aliphatic rings. The zero-order valence-corrected chi connectivity index (χ0v) is 11.9. The maximum Gasteiger partial charge on any atom is 0.165 e. The van der Waals surface area contributed by atoms with Crippen LogP contribution in [-0.4, -0.2) is 9.97 Å². The minimum Gasteiger partial charge on any atom is -0.217 e. The van der Waals surface area contributed by atoms with Crippen LogP contribution in [0.5, 0.6) is 0 Å². The van der Waals surface area contributed by atoms with E-state index in [1.54, 1.807) is 6.07 Å². The molecule has 0 atom stereocenters. The Balaban J connectivity index is 2.25. The van der Waals surface area contributed by atoms with Crippen LogP contribution in [0.1, 0.15) is 10.4 Å². The van der Waals surface area contributed by atoms with Gasteiger partial charge < -0.3 is 0 Å². The van der Waals surface area contributed by atoms with Crippen molar-refractivity contribution in [2.24, 2.45) is 0 Å². The van der Waals surface area contributed by atoms with E-state index in [4.69, 9.17) is 11.6 Å². The number of hydrogen-bond donors (Lipinski definition) is 0. The fourth-order valence-electron chi connectivity index (χ4n) is 1.93. The number of hydrogen-bond acceptors (Lipinski definition) is 3. The number of nitrogens with zero attached hydrogens (tertiary/aromatic N) is 2. The predicted molar refractivity (Wildman–Crippen MR) is 77.3 cm³/mol. The van der Waals surface area contributed by atoms with Gasteiger partial charge in [-0.1, -0.05) is 17.7 Å².